The van der Waals surface area contributed by atoms with E-state index in [9.17, 15) is 0 Å². The molecule has 4 heteroatoms. The largest absolute Gasteiger partial charge is 0.330 e. The Morgan fingerprint density at radius 1 is 1.20 bits per heavy atom. The molecular weight excluding hydrogens is 248 g/mol. The van der Waals surface area contributed by atoms with Crippen molar-refractivity contribution in [2.24, 2.45) is 5.73 Å². The summed E-state index contributed by atoms with van der Waals surface area (Å²) < 4.78 is 2.15. The van der Waals surface area contributed by atoms with E-state index in [1.165, 1.54) is 5.56 Å². The second-order valence-electron chi connectivity index (χ2n) is 4.76. The second kappa shape index (κ2) is 5.43. The van der Waals surface area contributed by atoms with Crippen LogP contribution in [0.15, 0.2) is 42.6 Å². The van der Waals surface area contributed by atoms with Crippen LogP contribution < -0.4 is 5.73 Å². The summed E-state index contributed by atoms with van der Waals surface area (Å²) >= 11 is 0. The van der Waals surface area contributed by atoms with Gasteiger partial charge in [0, 0.05) is 18.3 Å². The molecule has 3 aromatic rings. The standard InChI is InChI=1S/C16H18N4/c1-2-20-15(19-14-7-4-10-18-16(14)20)13-6-3-5-12(11-13)8-9-17/h3-7,10-11H,2,8-9,17H2,1H3. The van der Waals surface area contributed by atoms with Crippen molar-refractivity contribution in [1.29, 1.82) is 0 Å². The highest BCUT2D eigenvalue weighted by atomic mass is 15.1. The van der Waals surface area contributed by atoms with Crippen LogP contribution in [0.1, 0.15) is 12.5 Å². The molecule has 0 atom stereocenters. The summed E-state index contributed by atoms with van der Waals surface area (Å²) in [5, 5.41) is 0. The Bertz CT molecular complexity index is 730. The number of nitrogens with two attached hydrogens (primary N) is 1. The summed E-state index contributed by atoms with van der Waals surface area (Å²) in [6, 6.07) is 12.3. The van der Waals surface area contributed by atoms with Gasteiger partial charge >= 0.3 is 0 Å². The van der Waals surface area contributed by atoms with Gasteiger partial charge in [-0.15, -0.1) is 0 Å². The second-order valence-corrected chi connectivity index (χ2v) is 4.76. The predicted octanol–water partition coefficient (Wildman–Crippen LogP) is 2.62. The molecule has 0 aliphatic rings. The van der Waals surface area contributed by atoms with Crippen molar-refractivity contribution in [3.63, 3.8) is 0 Å². The lowest BCUT2D eigenvalue weighted by Gasteiger charge is -2.07. The number of pyridine rings is 1. The third-order valence-electron chi connectivity index (χ3n) is 3.44. The highest BCUT2D eigenvalue weighted by Gasteiger charge is 2.12. The molecule has 2 heterocycles. The van der Waals surface area contributed by atoms with Gasteiger partial charge in [0.05, 0.1) is 0 Å². The van der Waals surface area contributed by atoms with Gasteiger partial charge in [0.1, 0.15) is 11.3 Å². The van der Waals surface area contributed by atoms with E-state index in [1.54, 1.807) is 0 Å². The van der Waals surface area contributed by atoms with Gasteiger partial charge in [-0.1, -0.05) is 18.2 Å². The Morgan fingerprint density at radius 3 is 2.90 bits per heavy atom. The van der Waals surface area contributed by atoms with Crippen molar-refractivity contribution in [2.45, 2.75) is 19.9 Å². The average Bonchev–Trinajstić information content (AvgIpc) is 2.86. The molecule has 0 saturated heterocycles. The van der Waals surface area contributed by atoms with Crippen LogP contribution >= 0.6 is 0 Å². The van der Waals surface area contributed by atoms with Crippen molar-refractivity contribution in [2.75, 3.05) is 6.54 Å². The van der Waals surface area contributed by atoms with E-state index in [2.05, 4.69) is 40.7 Å². The molecular formula is C16H18N4. The maximum atomic E-state index is 5.64. The molecule has 0 fully saturated rings. The lowest BCUT2D eigenvalue weighted by atomic mass is 10.1. The van der Waals surface area contributed by atoms with Crippen molar-refractivity contribution in [3.05, 3.63) is 48.2 Å². The van der Waals surface area contributed by atoms with E-state index < -0.39 is 0 Å². The molecule has 0 unspecified atom stereocenters. The van der Waals surface area contributed by atoms with E-state index in [0.29, 0.717) is 6.54 Å². The zero-order chi connectivity index (χ0) is 13.9. The summed E-state index contributed by atoms with van der Waals surface area (Å²) in [6.45, 7) is 3.63. The van der Waals surface area contributed by atoms with Gasteiger partial charge in [-0.05, 0) is 43.7 Å². The number of aryl methyl sites for hydroxylation is 1. The zero-order valence-electron chi connectivity index (χ0n) is 11.6. The Balaban J connectivity index is 2.16. The number of fused-ring (bicyclic) bond motifs is 1. The van der Waals surface area contributed by atoms with E-state index in [1.807, 2.05) is 18.3 Å². The minimum absolute atomic E-state index is 0.662. The first kappa shape index (κ1) is 12.8. The van der Waals surface area contributed by atoms with Crippen molar-refractivity contribution in [3.8, 4) is 11.4 Å². The molecule has 3 rings (SSSR count). The highest BCUT2D eigenvalue weighted by molar-refractivity contribution is 5.77. The molecule has 0 saturated carbocycles. The van der Waals surface area contributed by atoms with Crippen molar-refractivity contribution < 1.29 is 0 Å². The fraction of sp³-hybridized carbons (Fsp3) is 0.250. The van der Waals surface area contributed by atoms with Crippen LogP contribution in [-0.2, 0) is 13.0 Å². The van der Waals surface area contributed by atoms with Crippen LogP contribution in [0.2, 0.25) is 0 Å². The molecule has 2 N–H and O–H groups in total. The first-order valence-corrected chi connectivity index (χ1v) is 6.94. The highest BCUT2D eigenvalue weighted by Crippen LogP contribution is 2.24. The third-order valence-corrected chi connectivity index (χ3v) is 3.44. The Morgan fingerprint density at radius 2 is 2.10 bits per heavy atom. The minimum atomic E-state index is 0.662. The Hall–Kier alpha value is -2.20. The van der Waals surface area contributed by atoms with Crippen LogP contribution in [0.5, 0.6) is 0 Å². The van der Waals surface area contributed by atoms with E-state index in [0.717, 1.165) is 35.5 Å². The van der Waals surface area contributed by atoms with Gasteiger partial charge in [-0.3, -0.25) is 0 Å². The summed E-state index contributed by atoms with van der Waals surface area (Å²) in [4.78, 5) is 9.16. The summed E-state index contributed by atoms with van der Waals surface area (Å²) in [6.07, 6.45) is 2.70. The summed E-state index contributed by atoms with van der Waals surface area (Å²) in [7, 11) is 0. The van der Waals surface area contributed by atoms with E-state index in [4.69, 9.17) is 10.7 Å². The van der Waals surface area contributed by atoms with Crippen LogP contribution in [0, 0.1) is 0 Å². The van der Waals surface area contributed by atoms with Crippen molar-refractivity contribution in [1.82, 2.24) is 14.5 Å². The first-order valence-electron chi connectivity index (χ1n) is 6.94. The number of hydrogen-bond donors (Lipinski definition) is 1. The number of imidazole rings is 1. The SMILES string of the molecule is CCn1c(-c2cccc(CCN)c2)nc2cccnc21. The van der Waals surface area contributed by atoms with Crippen LogP contribution in [0.3, 0.4) is 0 Å². The quantitative estimate of drug-likeness (QED) is 0.789. The molecule has 0 radical (unpaired) electrons. The number of aromatic nitrogens is 3. The monoisotopic (exact) mass is 266 g/mol. The van der Waals surface area contributed by atoms with E-state index in [-0.39, 0.29) is 0 Å². The summed E-state index contributed by atoms with van der Waals surface area (Å²) in [5.74, 6) is 0.972. The van der Waals surface area contributed by atoms with Gasteiger partial charge in [0.15, 0.2) is 5.65 Å². The number of hydrogen-bond acceptors (Lipinski definition) is 3. The maximum absolute atomic E-state index is 5.64. The summed E-state index contributed by atoms with van der Waals surface area (Å²) in [5.41, 5.74) is 9.88. The lowest BCUT2D eigenvalue weighted by Crippen LogP contribution is -2.03. The van der Waals surface area contributed by atoms with Crippen LogP contribution in [0.25, 0.3) is 22.6 Å². The van der Waals surface area contributed by atoms with Gasteiger partial charge in [0.2, 0.25) is 0 Å². The van der Waals surface area contributed by atoms with Crippen molar-refractivity contribution >= 4 is 11.2 Å². The van der Waals surface area contributed by atoms with Crippen LogP contribution in [0.4, 0.5) is 0 Å². The van der Waals surface area contributed by atoms with Gasteiger partial charge in [-0.2, -0.15) is 0 Å². The smallest absolute Gasteiger partial charge is 0.160 e. The first-order chi connectivity index (χ1) is 9.83. The lowest BCUT2D eigenvalue weighted by molar-refractivity contribution is 0.787. The van der Waals surface area contributed by atoms with Crippen LogP contribution in [-0.4, -0.2) is 21.1 Å². The Kier molecular flexibility index (Phi) is 3.48. The molecule has 20 heavy (non-hydrogen) atoms. The molecule has 0 amide bonds. The molecule has 0 aliphatic carbocycles. The number of benzene rings is 1. The minimum Gasteiger partial charge on any atom is -0.330 e. The predicted molar refractivity (Wildman–Crippen MR) is 81.4 cm³/mol. The van der Waals surface area contributed by atoms with E-state index >= 15 is 0 Å². The number of rotatable bonds is 4. The normalized spacial score (nSPS) is 11.1. The molecule has 4 nitrogen and oxygen atoms in total. The molecule has 1 aromatic carbocycles. The topological polar surface area (TPSA) is 56.7 Å². The molecule has 102 valence electrons. The average molecular weight is 266 g/mol. The Labute approximate surface area is 118 Å². The third kappa shape index (κ3) is 2.18. The van der Waals surface area contributed by atoms with Gasteiger partial charge in [0.25, 0.3) is 0 Å². The number of nitrogens with zero attached hydrogens (tertiary/aromatic N) is 3. The molecule has 0 spiro atoms. The molecule has 2 aromatic heterocycles. The molecule has 0 bridgehead atoms. The maximum Gasteiger partial charge on any atom is 0.160 e. The van der Waals surface area contributed by atoms with Gasteiger partial charge in [-0.25, -0.2) is 9.97 Å². The zero-order valence-corrected chi connectivity index (χ0v) is 11.6. The molecule has 0 aliphatic heterocycles. The fourth-order valence-corrected chi connectivity index (χ4v) is 2.51. The van der Waals surface area contributed by atoms with Gasteiger partial charge < -0.3 is 10.3 Å². The fourth-order valence-electron chi connectivity index (χ4n) is 2.51.